The SMILES string of the molecule is CC(=O)C(NC(=O)OC(C)(C)C)C1CC1. The molecule has 0 aromatic heterocycles. The molecule has 1 N–H and O–H groups in total. The minimum absolute atomic E-state index is 0.00311. The predicted octanol–water partition coefficient (Wildman–Crippen LogP) is 1.88. The number of carbonyl (C=O) groups excluding carboxylic acids is 2. The van der Waals surface area contributed by atoms with Gasteiger partial charge in [0.2, 0.25) is 0 Å². The Morgan fingerprint density at radius 2 is 1.87 bits per heavy atom. The van der Waals surface area contributed by atoms with Crippen molar-refractivity contribution in [2.75, 3.05) is 0 Å². The lowest BCUT2D eigenvalue weighted by atomic mass is 10.1. The highest BCUT2D eigenvalue weighted by atomic mass is 16.6. The molecule has 1 rings (SSSR count). The molecular weight excluding hydrogens is 194 g/mol. The van der Waals surface area contributed by atoms with Gasteiger partial charge in [0.05, 0.1) is 6.04 Å². The number of carbonyl (C=O) groups is 2. The summed E-state index contributed by atoms with van der Waals surface area (Å²) in [5.41, 5.74) is -0.519. The van der Waals surface area contributed by atoms with Gasteiger partial charge in [-0.05, 0) is 46.5 Å². The zero-order valence-corrected chi connectivity index (χ0v) is 9.79. The van der Waals surface area contributed by atoms with Gasteiger partial charge in [-0.2, -0.15) is 0 Å². The van der Waals surface area contributed by atoms with Crippen LogP contribution in [0.3, 0.4) is 0 Å². The van der Waals surface area contributed by atoms with E-state index in [4.69, 9.17) is 4.74 Å². The summed E-state index contributed by atoms with van der Waals surface area (Å²) >= 11 is 0. The van der Waals surface area contributed by atoms with Crippen LogP contribution in [0.4, 0.5) is 4.79 Å². The average molecular weight is 213 g/mol. The number of ether oxygens (including phenoxy) is 1. The van der Waals surface area contributed by atoms with Crippen molar-refractivity contribution in [1.29, 1.82) is 0 Å². The van der Waals surface area contributed by atoms with Crippen molar-refractivity contribution >= 4 is 11.9 Å². The Labute approximate surface area is 90.4 Å². The number of hydrogen-bond donors (Lipinski definition) is 1. The van der Waals surface area contributed by atoms with Gasteiger partial charge in [0, 0.05) is 0 Å². The molecule has 4 nitrogen and oxygen atoms in total. The number of amides is 1. The van der Waals surface area contributed by atoms with Crippen LogP contribution in [0.15, 0.2) is 0 Å². The molecule has 0 radical (unpaired) electrons. The molecule has 1 saturated carbocycles. The average Bonchev–Trinajstić information content (AvgIpc) is 2.78. The van der Waals surface area contributed by atoms with Crippen LogP contribution in [0.2, 0.25) is 0 Å². The Morgan fingerprint density at radius 3 is 2.20 bits per heavy atom. The quantitative estimate of drug-likeness (QED) is 0.778. The molecule has 0 heterocycles. The van der Waals surface area contributed by atoms with Gasteiger partial charge in [0.1, 0.15) is 5.60 Å². The standard InChI is InChI=1S/C11H19NO3/c1-7(13)9(8-5-6-8)12-10(14)15-11(2,3)4/h8-9H,5-6H2,1-4H3,(H,12,14). The maximum absolute atomic E-state index is 11.4. The van der Waals surface area contributed by atoms with E-state index < -0.39 is 11.7 Å². The zero-order chi connectivity index (χ0) is 11.6. The minimum Gasteiger partial charge on any atom is -0.444 e. The van der Waals surface area contributed by atoms with Crippen LogP contribution >= 0.6 is 0 Å². The van der Waals surface area contributed by atoms with Gasteiger partial charge < -0.3 is 10.1 Å². The maximum Gasteiger partial charge on any atom is 0.408 e. The molecule has 1 aliphatic rings. The Hall–Kier alpha value is -1.06. The highest BCUT2D eigenvalue weighted by molar-refractivity contribution is 5.86. The monoisotopic (exact) mass is 213 g/mol. The fraction of sp³-hybridized carbons (Fsp3) is 0.818. The van der Waals surface area contributed by atoms with E-state index in [1.54, 1.807) is 20.8 Å². The van der Waals surface area contributed by atoms with Crippen LogP contribution in [-0.2, 0) is 9.53 Å². The molecular formula is C11H19NO3. The number of rotatable bonds is 3. The van der Waals surface area contributed by atoms with Crippen LogP contribution in [0.5, 0.6) is 0 Å². The first-order chi connectivity index (χ1) is 6.79. The van der Waals surface area contributed by atoms with Crippen LogP contribution in [0.25, 0.3) is 0 Å². The topological polar surface area (TPSA) is 55.4 Å². The third-order valence-corrected chi connectivity index (χ3v) is 2.20. The molecule has 0 spiro atoms. The summed E-state index contributed by atoms with van der Waals surface area (Å²) in [6, 6.07) is -0.361. The van der Waals surface area contributed by atoms with E-state index in [-0.39, 0.29) is 11.8 Å². The second-order valence-corrected chi connectivity index (χ2v) is 5.07. The van der Waals surface area contributed by atoms with E-state index in [0.717, 1.165) is 12.8 Å². The van der Waals surface area contributed by atoms with Crippen molar-refractivity contribution < 1.29 is 14.3 Å². The minimum atomic E-state index is -0.519. The first kappa shape index (κ1) is 12.0. The molecule has 86 valence electrons. The van der Waals surface area contributed by atoms with Crippen LogP contribution in [0.1, 0.15) is 40.5 Å². The third kappa shape index (κ3) is 4.32. The predicted molar refractivity (Wildman–Crippen MR) is 56.6 cm³/mol. The molecule has 15 heavy (non-hydrogen) atoms. The molecule has 1 fully saturated rings. The molecule has 0 aromatic rings. The number of Topliss-reactive ketones (excluding diaryl/α,β-unsaturated/α-hetero) is 1. The number of alkyl carbamates (subject to hydrolysis) is 1. The lowest BCUT2D eigenvalue weighted by molar-refractivity contribution is -0.119. The molecule has 1 aliphatic carbocycles. The Bertz CT molecular complexity index is 263. The van der Waals surface area contributed by atoms with Gasteiger partial charge in [-0.15, -0.1) is 0 Å². The van der Waals surface area contributed by atoms with E-state index in [1.165, 1.54) is 6.92 Å². The first-order valence-electron chi connectivity index (χ1n) is 5.29. The normalized spacial score (nSPS) is 18.1. The van der Waals surface area contributed by atoms with Crippen molar-refractivity contribution in [2.24, 2.45) is 5.92 Å². The summed E-state index contributed by atoms with van der Waals surface area (Å²) in [7, 11) is 0. The molecule has 1 atom stereocenters. The molecule has 1 unspecified atom stereocenters. The lowest BCUT2D eigenvalue weighted by Crippen LogP contribution is -2.43. The van der Waals surface area contributed by atoms with Crippen molar-refractivity contribution in [3.8, 4) is 0 Å². The molecule has 1 amide bonds. The number of hydrogen-bond acceptors (Lipinski definition) is 3. The van der Waals surface area contributed by atoms with E-state index in [9.17, 15) is 9.59 Å². The van der Waals surface area contributed by atoms with Crippen molar-refractivity contribution in [3.63, 3.8) is 0 Å². The second kappa shape index (κ2) is 4.21. The van der Waals surface area contributed by atoms with Gasteiger partial charge in [-0.25, -0.2) is 4.79 Å². The smallest absolute Gasteiger partial charge is 0.408 e. The van der Waals surface area contributed by atoms with Gasteiger partial charge >= 0.3 is 6.09 Å². The van der Waals surface area contributed by atoms with Gasteiger partial charge in [0.25, 0.3) is 0 Å². The largest absolute Gasteiger partial charge is 0.444 e. The Balaban J connectivity index is 2.44. The van der Waals surface area contributed by atoms with Crippen LogP contribution in [0, 0.1) is 5.92 Å². The summed E-state index contributed by atoms with van der Waals surface area (Å²) < 4.78 is 5.09. The number of nitrogens with one attached hydrogen (secondary N) is 1. The molecule has 0 aliphatic heterocycles. The van der Waals surface area contributed by atoms with Gasteiger partial charge in [-0.3, -0.25) is 4.79 Å². The Kier molecular flexibility index (Phi) is 3.37. The highest BCUT2D eigenvalue weighted by Gasteiger charge is 2.36. The Morgan fingerprint density at radius 1 is 1.33 bits per heavy atom. The summed E-state index contributed by atoms with van der Waals surface area (Å²) in [6.07, 6.45) is 1.52. The molecule has 0 saturated heterocycles. The lowest BCUT2D eigenvalue weighted by Gasteiger charge is -2.22. The fourth-order valence-corrected chi connectivity index (χ4v) is 1.42. The first-order valence-corrected chi connectivity index (χ1v) is 5.29. The maximum atomic E-state index is 11.4. The second-order valence-electron chi connectivity index (χ2n) is 5.07. The van der Waals surface area contributed by atoms with Crippen LogP contribution < -0.4 is 5.32 Å². The van der Waals surface area contributed by atoms with E-state index >= 15 is 0 Å². The zero-order valence-electron chi connectivity index (χ0n) is 9.79. The van der Waals surface area contributed by atoms with Gasteiger partial charge in [0.15, 0.2) is 5.78 Å². The summed E-state index contributed by atoms with van der Waals surface area (Å²) in [4.78, 5) is 22.7. The molecule has 0 aromatic carbocycles. The van der Waals surface area contributed by atoms with E-state index in [1.807, 2.05) is 0 Å². The van der Waals surface area contributed by atoms with Crippen molar-refractivity contribution in [1.82, 2.24) is 5.32 Å². The van der Waals surface area contributed by atoms with Gasteiger partial charge in [-0.1, -0.05) is 0 Å². The molecule has 4 heteroatoms. The van der Waals surface area contributed by atoms with Crippen LogP contribution in [-0.4, -0.2) is 23.5 Å². The fourth-order valence-electron chi connectivity index (χ4n) is 1.42. The third-order valence-electron chi connectivity index (χ3n) is 2.20. The molecule has 0 bridgehead atoms. The summed E-state index contributed by atoms with van der Waals surface area (Å²) in [5, 5.41) is 2.62. The number of ketones is 1. The summed E-state index contributed by atoms with van der Waals surface area (Å²) in [5.74, 6) is 0.318. The van der Waals surface area contributed by atoms with Crippen molar-refractivity contribution in [3.05, 3.63) is 0 Å². The van der Waals surface area contributed by atoms with E-state index in [0.29, 0.717) is 5.92 Å². The van der Waals surface area contributed by atoms with E-state index in [2.05, 4.69) is 5.32 Å². The highest BCUT2D eigenvalue weighted by Crippen LogP contribution is 2.33. The summed E-state index contributed by atoms with van der Waals surface area (Å²) in [6.45, 7) is 6.89. The van der Waals surface area contributed by atoms with Crippen molar-refractivity contribution in [2.45, 2.75) is 52.2 Å².